The second kappa shape index (κ2) is 4.03. The minimum Gasteiger partial charge on any atom is -0.493 e. The Kier molecular flexibility index (Phi) is 2.89. The van der Waals surface area contributed by atoms with E-state index in [0.717, 1.165) is 22.8 Å². The fourth-order valence-corrected chi connectivity index (χ4v) is 2.05. The average Bonchev–Trinajstić information content (AvgIpc) is 2.19. The van der Waals surface area contributed by atoms with E-state index < -0.39 is 0 Å². The standard InChI is InChI=1S/C12H16ClNO/c1-7-3-12-9(5-11(7)13)4-10(6-15-12)8(2)14/h3,5,8,10H,4,6,14H2,1-2H3/t8-,10?/m0/s1. The maximum Gasteiger partial charge on any atom is 0.122 e. The number of benzene rings is 1. The molecule has 15 heavy (non-hydrogen) atoms. The van der Waals surface area contributed by atoms with Crippen LogP contribution in [0.25, 0.3) is 0 Å². The van der Waals surface area contributed by atoms with Crippen LogP contribution in [0.15, 0.2) is 12.1 Å². The van der Waals surface area contributed by atoms with Crippen LogP contribution in [0, 0.1) is 12.8 Å². The molecule has 0 radical (unpaired) electrons. The van der Waals surface area contributed by atoms with Crippen molar-refractivity contribution in [1.82, 2.24) is 0 Å². The summed E-state index contributed by atoms with van der Waals surface area (Å²) in [6, 6.07) is 4.17. The molecular formula is C12H16ClNO. The van der Waals surface area contributed by atoms with Crippen LogP contribution in [0.4, 0.5) is 0 Å². The van der Waals surface area contributed by atoms with Crippen LogP contribution in [0.2, 0.25) is 5.02 Å². The summed E-state index contributed by atoms with van der Waals surface area (Å²) >= 11 is 6.09. The minimum atomic E-state index is 0.165. The second-order valence-electron chi connectivity index (χ2n) is 4.34. The van der Waals surface area contributed by atoms with Crippen molar-refractivity contribution in [2.24, 2.45) is 11.7 Å². The lowest BCUT2D eigenvalue weighted by molar-refractivity contribution is 0.204. The van der Waals surface area contributed by atoms with E-state index in [9.17, 15) is 0 Å². The summed E-state index contributed by atoms with van der Waals surface area (Å²) in [6.07, 6.45) is 0.965. The van der Waals surface area contributed by atoms with Crippen molar-refractivity contribution >= 4 is 11.6 Å². The van der Waals surface area contributed by atoms with E-state index in [1.165, 1.54) is 5.56 Å². The Morgan fingerprint density at radius 1 is 1.53 bits per heavy atom. The molecule has 1 aliphatic rings. The van der Waals surface area contributed by atoms with Crippen molar-refractivity contribution in [3.8, 4) is 5.75 Å². The molecule has 82 valence electrons. The van der Waals surface area contributed by atoms with E-state index >= 15 is 0 Å². The first-order chi connectivity index (χ1) is 7.08. The van der Waals surface area contributed by atoms with Crippen LogP contribution in [0.3, 0.4) is 0 Å². The number of halogens is 1. The van der Waals surface area contributed by atoms with Crippen molar-refractivity contribution in [2.45, 2.75) is 26.3 Å². The third-order valence-electron chi connectivity index (χ3n) is 3.02. The molecule has 2 nitrogen and oxygen atoms in total. The molecule has 0 saturated carbocycles. The lowest BCUT2D eigenvalue weighted by atomic mass is 9.91. The van der Waals surface area contributed by atoms with Gasteiger partial charge in [0.2, 0.25) is 0 Å². The molecule has 2 rings (SSSR count). The third kappa shape index (κ3) is 2.11. The Labute approximate surface area is 95.4 Å². The van der Waals surface area contributed by atoms with E-state index in [4.69, 9.17) is 22.1 Å². The number of rotatable bonds is 1. The number of aryl methyl sites for hydroxylation is 1. The molecule has 1 unspecified atom stereocenters. The highest BCUT2D eigenvalue weighted by molar-refractivity contribution is 6.31. The van der Waals surface area contributed by atoms with Crippen LogP contribution in [-0.2, 0) is 6.42 Å². The van der Waals surface area contributed by atoms with Gasteiger partial charge in [0.15, 0.2) is 0 Å². The van der Waals surface area contributed by atoms with Gasteiger partial charge in [-0.25, -0.2) is 0 Å². The summed E-state index contributed by atoms with van der Waals surface area (Å²) in [5.41, 5.74) is 8.12. The second-order valence-corrected chi connectivity index (χ2v) is 4.75. The predicted molar refractivity (Wildman–Crippen MR) is 62.5 cm³/mol. The van der Waals surface area contributed by atoms with E-state index in [-0.39, 0.29) is 6.04 Å². The molecule has 2 atom stereocenters. The Balaban J connectivity index is 2.30. The molecule has 3 heteroatoms. The molecule has 0 saturated heterocycles. The third-order valence-corrected chi connectivity index (χ3v) is 3.43. The first-order valence-corrected chi connectivity index (χ1v) is 5.63. The zero-order chi connectivity index (χ0) is 11.0. The summed E-state index contributed by atoms with van der Waals surface area (Å²) < 4.78 is 5.69. The van der Waals surface area contributed by atoms with Crippen LogP contribution >= 0.6 is 11.6 Å². The van der Waals surface area contributed by atoms with Gasteiger partial charge in [0.05, 0.1) is 6.61 Å². The van der Waals surface area contributed by atoms with Gasteiger partial charge in [-0.3, -0.25) is 0 Å². The van der Waals surface area contributed by atoms with Gasteiger partial charge >= 0.3 is 0 Å². The predicted octanol–water partition coefficient (Wildman–Crippen LogP) is 2.55. The van der Waals surface area contributed by atoms with Crippen LogP contribution < -0.4 is 10.5 Å². The normalized spacial score (nSPS) is 21.7. The molecular weight excluding hydrogens is 210 g/mol. The molecule has 1 heterocycles. The molecule has 1 aromatic rings. The maximum atomic E-state index is 6.09. The number of hydrogen-bond donors (Lipinski definition) is 1. The molecule has 0 fully saturated rings. The van der Waals surface area contributed by atoms with Gasteiger partial charge in [0, 0.05) is 17.0 Å². The summed E-state index contributed by atoms with van der Waals surface area (Å²) in [5, 5.41) is 0.808. The fraction of sp³-hybridized carbons (Fsp3) is 0.500. The Morgan fingerprint density at radius 3 is 2.93 bits per heavy atom. The average molecular weight is 226 g/mol. The highest BCUT2D eigenvalue weighted by Crippen LogP contribution is 2.32. The smallest absolute Gasteiger partial charge is 0.122 e. The minimum absolute atomic E-state index is 0.165. The molecule has 0 aliphatic carbocycles. The maximum absolute atomic E-state index is 6.09. The summed E-state index contributed by atoms with van der Waals surface area (Å²) in [5.74, 6) is 1.37. The van der Waals surface area contributed by atoms with Gasteiger partial charge in [-0.1, -0.05) is 11.6 Å². The van der Waals surface area contributed by atoms with Crippen molar-refractivity contribution in [3.63, 3.8) is 0 Å². The van der Waals surface area contributed by atoms with Crippen molar-refractivity contribution in [3.05, 3.63) is 28.3 Å². The highest BCUT2D eigenvalue weighted by Gasteiger charge is 2.23. The topological polar surface area (TPSA) is 35.2 Å². The van der Waals surface area contributed by atoms with Gasteiger partial charge in [-0.2, -0.15) is 0 Å². The van der Waals surface area contributed by atoms with Crippen molar-refractivity contribution in [1.29, 1.82) is 0 Å². The lowest BCUT2D eigenvalue weighted by Gasteiger charge is -2.28. The van der Waals surface area contributed by atoms with Gasteiger partial charge < -0.3 is 10.5 Å². The molecule has 0 spiro atoms. The SMILES string of the molecule is Cc1cc2c(cc1Cl)CC([C@H](C)N)CO2. The highest BCUT2D eigenvalue weighted by atomic mass is 35.5. The number of fused-ring (bicyclic) bond motifs is 1. The number of nitrogens with two attached hydrogens (primary N) is 1. The zero-order valence-electron chi connectivity index (χ0n) is 9.09. The van der Waals surface area contributed by atoms with E-state index in [1.54, 1.807) is 0 Å². The Morgan fingerprint density at radius 2 is 2.27 bits per heavy atom. The Bertz CT molecular complexity index is 376. The molecule has 2 N–H and O–H groups in total. The van der Waals surface area contributed by atoms with Gasteiger partial charge in [0.25, 0.3) is 0 Å². The zero-order valence-corrected chi connectivity index (χ0v) is 9.84. The monoisotopic (exact) mass is 225 g/mol. The lowest BCUT2D eigenvalue weighted by Crippen LogP contribution is -2.35. The molecule has 0 amide bonds. The molecule has 0 bridgehead atoms. The first kappa shape index (κ1) is 10.8. The molecule has 1 aliphatic heterocycles. The van der Waals surface area contributed by atoms with Crippen LogP contribution in [-0.4, -0.2) is 12.6 Å². The number of hydrogen-bond acceptors (Lipinski definition) is 2. The summed E-state index contributed by atoms with van der Waals surface area (Å²) in [7, 11) is 0. The van der Waals surface area contributed by atoms with E-state index in [2.05, 4.69) is 0 Å². The van der Waals surface area contributed by atoms with E-state index in [1.807, 2.05) is 26.0 Å². The van der Waals surface area contributed by atoms with Crippen LogP contribution in [0.5, 0.6) is 5.75 Å². The Hall–Kier alpha value is -0.730. The van der Waals surface area contributed by atoms with Gasteiger partial charge in [-0.05, 0) is 43.5 Å². The first-order valence-electron chi connectivity index (χ1n) is 5.25. The van der Waals surface area contributed by atoms with Gasteiger partial charge in [-0.15, -0.1) is 0 Å². The summed E-state index contributed by atoms with van der Waals surface area (Å²) in [6.45, 7) is 4.73. The van der Waals surface area contributed by atoms with Crippen molar-refractivity contribution < 1.29 is 4.74 Å². The van der Waals surface area contributed by atoms with Crippen LogP contribution in [0.1, 0.15) is 18.1 Å². The van der Waals surface area contributed by atoms with Crippen molar-refractivity contribution in [2.75, 3.05) is 6.61 Å². The fourth-order valence-electron chi connectivity index (χ4n) is 1.87. The quantitative estimate of drug-likeness (QED) is 0.797. The molecule has 0 aromatic heterocycles. The van der Waals surface area contributed by atoms with Gasteiger partial charge in [0.1, 0.15) is 5.75 Å². The largest absolute Gasteiger partial charge is 0.493 e. The van der Waals surface area contributed by atoms with E-state index in [0.29, 0.717) is 12.5 Å². The summed E-state index contributed by atoms with van der Waals surface area (Å²) in [4.78, 5) is 0. The molecule has 1 aromatic carbocycles. The number of ether oxygens (including phenoxy) is 1.